The molecule has 0 bridgehead atoms. The highest BCUT2D eigenvalue weighted by molar-refractivity contribution is 14.1. The van der Waals surface area contributed by atoms with E-state index in [4.69, 9.17) is 5.73 Å². The molecule has 0 atom stereocenters. The van der Waals surface area contributed by atoms with Gasteiger partial charge in [0, 0.05) is 5.38 Å². The zero-order chi connectivity index (χ0) is 11.7. The number of aryl methyl sites for hydroxylation is 2. The Bertz CT molecular complexity index is 500. The summed E-state index contributed by atoms with van der Waals surface area (Å²) in [5, 5.41) is 3.09. The van der Waals surface area contributed by atoms with E-state index in [0.29, 0.717) is 12.2 Å². The van der Waals surface area contributed by atoms with Crippen molar-refractivity contribution in [1.29, 1.82) is 0 Å². The van der Waals surface area contributed by atoms with Crippen LogP contribution in [0.15, 0.2) is 5.38 Å². The first-order chi connectivity index (χ1) is 7.56. The van der Waals surface area contributed by atoms with E-state index >= 15 is 0 Å². The van der Waals surface area contributed by atoms with E-state index in [0.717, 1.165) is 25.8 Å². The van der Waals surface area contributed by atoms with Crippen molar-refractivity contribution >= 4 is 39.7 Å². The van der Waals surface area contributed by atoms with E-state index in [-0.39, 0.29) is 0 Å². The fourth-order valence-corrected chi connectivity index (χ4v) is 2.23. The number of nitrogens with two attached hydrogens (primary N) is 1. The minimum atomic E-state index is 0.551. The van der Waals surface area contributed by atoms with Gasteiger partial charge in [0.15, 0.2) is 0 Å². The molecule has 16 heavy (non-hydrogen) atoms. The lowest BCUT2D eigenvalue weighted by molar-refractivity contribution is 0.919. The average Bonchev–Trinajstić information content (AvgIpc) is 2.60. The van der Waals surface area contributed by atoms with Gasteiger partial charge in [0.25, 0.3) is 0 Å². The predicted molar refractivity (Wildman–Crippen MR) is 73.6 cm³/mol. The maximum absolute atomic E-state index is 5.80. The summed E-state index contributed by atoms with van der Waals surface area (Å²) in [5.74, 6) is 1.29. The molecule has 2 heterocycles. The average molecular weight is 346 g/mol. The van der Waals surface area contributed by atoms with Gasteiger partial charge in [-0.05, 0) is 36.4 Å². The largest absolute Gasteiger partial charge is 0.383 e. The second-order valence-electron chi connectivity index (χ2n) is 3.46. The SMILES string of the molecule is Cc1nc(Cc2nc(C)c(I)c(N)n2)cs1. The first-order valence-electron chi connectivity index (χ1n) is 4.75. The Morgan fingerprint density at radius 1 is 1.31 bits per heavy atom. The van der Waals surface area contributed by atoms with E-state index in [1.54, 1.807) is 11.3 Å². The zero-order valence-electron chi connectivity index (χ0n) is 8.99. The lowest BCUT2D eigenvalue weighted by atomic mass is 10.3. The van der Waals surface area contributed by atoms with Gasteiger partial charge < -0.3 is 5.73 Å². The molecule has 2 N–H and O–H groups in total. The van der Waals surface area contributed by atoms with Gasteiger partial charge in [-0.15, -0.1) is 11.3 Å². The Hall–Kier alpha value is -0.760. The van der Waals surface area contributed by atoms with E-state index in [1.165, 1.54) is 0 Å². The molecule has 0 unspecified atom stereocenters. The van der Waals surface area contributed by atoms with Gasteiger partial charge in [0.05, 0.1) is 26.4 Å². The molecule has 2 aromatic heterocycles. The molecule has 0 saturated carbocycles. The fraction of sp³-hybridized carbons (Fsp3) is 0.300. The highest BCUT2D eigenvalue weighted by atomic mass is 127. The van der Waals surface area contributed by atoms with Crippen molar-refractivity contribution in [3.05, 3.63) is 31.2 Å². The molecule has 6 heteroatoms. The number of anilines is 1. The Morgan fingerprint density at radius 3 is 2.62 bits per heavy atom. The van der Waals surface area contributed by atoms with Gasteiger partial charge >= 0.3 is 0 Å². The molecular formula is C10H11IN4S. The van der Waals surface area contributed by atoms with Crippen LogP contribution in [0.2, 0.25) is 0 Å². The third-order valence-electron chi connectivity index (χ3n) is 2.09. The lowest BCUT2D eigenvalue weighted by Gasteiger charge is -2.04. The molecule has 2 aromatic rings. The molecule has 0 amide bonds. The molecule has 0 spiro atoms. The minimum Gasteiger partial charge on any atom is -0.383 e. The topological polar surface area (TPSA) is 64.7 Å². The van der Waals surface area contributed by atoms with Crippen LogP contribution in [0.25, 0.3) is 0 Å². The molecular weight excluding hydrogens is 335 g/mol. The molecule has 0 saturated heterocycles. The quantitative estimate of drug-likeness (QED) is 0.848. The summed E-state index contributed by atoms with van der Waals surface area (Å²) >= 11 is 3.79. The van der Waals surface area contributed by atoms with E-state index in [2.05, 4.69) is 37.5 Å². The second kappa shape index (κ2) is 4.62. The van der Waals surface area contributed by atoms with Crippen LogP contribution in [0.1, 0.15) is 22.2 Å². The van der Waals surface area contributed by atoms with E-state index in [9.17, 15) is 0 Å². The fourth-order valence-electron chi connectivity index (χ4n) is 1.37. The highest BCUT2D eigenvalue weighted by Crippen LogP contribution is 2.17. The van der Waals surface area contributed by atoms with Gasteiger partial charge in [-0.1, -0.05) is 0 Å². The number of nitrogens with zero attached hydrogens (tertiary/aromatic N) is 3. The molecule has 0 aliphatic rings. The Balaban J connectivity index is 2.28. The van der Waals surface area contributed by atoms with Gasteiger partial charge in [-0.25, -0.2) is 15.0 Å². The smallest absolute Gasteiger partial charge is 0.140 e. The number of hydrogen-bond acceptors (Lipinski definition) is 5. The summed E-state index contributed by atoms with van der Waals surface area (Å²) in [6.45, 7) is 3.93. The molecule has 0 radical (unpaired) electrons. The van der Waals surface area contributed by atoms with Crippen molar-refractivity contribution in [2.24, 2.45) is 0 Å². The van der Waals surface area contributed by atoms with Crippen LogP contribution in [0.5, 0.6) is 0 Å². The number of aromatic nitrogens is 3. The van der Waals surface area contributed by atoms with E-state index < -0.39 is 0 Å². The molecule has 0 aliphatic carbocycles. The summed E-state index contributed by atoms with van der Waals surface area (Å²) in [6.07, 6.45) is 0.645. The number of halogens is 1. The Labute approximate surface area is 111 Å². The highest BCUT2D eigenvalue weighted by Gasteiger charge is 2.08. The maximum atomic E-state index is 5.80. The molecule has 4 nitrogen and oxygen atoms in total. The molecule has 0 aromatic carbocycles. The molecule has 2 rings (SSSR count). The third kappa shape index (κ3) is 2.49. The van der Waals surface area contributed by atoms with Crippen LogP contribution in [0.4, 0.5) is 5.82 Å². The van der Waals surface area contributed by atoms with Gasteiger partial charge in [-0.2, -0.15) is 0 Å². The van der Waals surface area contributed by atoms with E-state index in [1.807, 2.05) is 19.2 Å². The van der Waals surface area contributed by atoms with Crippen molar-refractivity contribution in [3.8, 4) is 0 Å². The van der Waals surface area contributed by atoms with Crippen molar-refractivity contribution < 1.29 is 0 Å². The van der Waals surface area contributed by atoms with Crippen LogP contribution >= 0.6 is 33.9 Å². The monoisotopic (exact) mass is 346 g/mol. The van der Waals surface area contributed by atoms with Gasteiger partial charge in [0.1, 0.15) is 11.6 Å². The molecule has 0 fully saturated rings. The van der Waals surface area contributed by atoms with Crippen LogP contribution in [-0.4, -0.2) is 15.0 Å². The summed E-state index contributed by atoms with van der Waals surface area (Å²) in [4.78, 5) is 13.0. The summed E-state index contributed by atoms with van der Waals surface area (Å²) in [6, 6.07) is 0. The first-order valence-corrected chi connectivity index (χ1v) is 6.71. The maximum Gasteiger partial charge on any atom is 0.140 e. The molecule has 0 aliphatic heterocycles. The summed E-state index contributed by atoms with van der Waals surface area (Å²) in [7, 11) is 0. The minimum absolute atomic E-state index is 0.551. The van der Waals surface area contributed by atoms with Crippen LogP contribution in [0, 0.1) is 17.4 Å². The Kier molecular flexibility index (Phi) is 3.38. The number of nitrogen functional groups attached to an aromatic ring is 1. The summed E-state index contributed by atoms with van der Waals surface area (Å²) in [5.41, 5.74) is 7.73. The third-order valence-corrected chi connectivity index (χ3v) is 4.25. The predicted octanol–water partition coefficient (Wildman–Crippen LogP) is 2.33. The zero-order valence-corrected chi connectivity index (χ0v) is 12.0. The van der Waals surface area contributed by atoms with Crippen LogP contribution in [0.3, 0.4) is 0 Å². The normalized spacial score (nSPS) is 10.7. The number of rotatable bonds is 2. The summed E-state index contributed by atoms with van der Waals surface area (Å²) < 4.78 is 0.927. The Morgan fingerprint density at radius 2 is 2.06 bits per heavy atom. The number of hydrogen-bond donors (Lipinski definition) is 1. The molecule has 84 valence electrons. The van der Waals surface area contributed by atoms with Crippen LogP contribution < -0.4 is 5.73 Å². The van der Waals surface area contributed by atoms with Crippen molar-refractivity contribution in [2.45, 2.75) is 20.3 Å². The lowest BCUT2D eigenvalue weighted by Crippen LogP contribution is -2.05. The van der Waals surface area contributed by atoms with Gasteiger partial charge in [-0.3, -0.25) is 0 Å². The second-order valence-corrected chi connectivity index (χ2v) is 5.60. The number of thiazole rings is 1. The van der Waals surface area contributed by atoms with Crippen LogP contribution in [-0.2, 0) is 6.42 Å². The van der Waals surface area contributed by atoms with Crippen molar-refractivity contribution in [1.82, 2.24) is 15.0 Å². The standard InChI is InChI=1S/C10H11IN4S/c1-5-9(11)10(12)15-8(13-5)3-7-4-16-6(2)14-7/h4H,3H2,1-2H3,(H2,12,13,15). The van der Waals surface area contributed by atoms with Gasteiger partial charge in [0.2, 0.25) is 0 Å². The first kappa shape index (κ1) is 11.7. The van der Waals surface area contributed by atoms with Crippen molar-refractivity contribution in [2.75, 3.05) is 5.73 Å². The van der Waals surface area contributed by atoms with Crippen molar-refractivity contribution in [3.63, 3.8) is 0 Å².